The molecule has 0 unspecified atom stereocenters. The van der Waals surface area contributed by atoms with E-state index in [0.29, 0.717) is 5.56 Å². The van der Waals surface area contributed by atoms with Gasteiger partial charge in [0.25, 0.3) is 0 Å². The Balaban J connectivity index is 2.88. The summed E-state index contributed by atoms with van der Waals surface area (Å²) in [7, 11) is 3.17. The zero-order valence-corrected chi connectivity index (χ0v) is 9.65. The Hall–Kier alpha value is -2.02. The van der Waals surface area contributed by atoms with Gasteiger partial charge in [-0.1, -0.05) is 0 Å². The van der Waals surface area contributed by atoms with Crippen LogP contribution in [0.5, 0.6) is 0 Å². The van der Waals surface area contributed by atoms with Gasteiger partial charge in [-0.05, 0) is 30.7 Å². The zero-order valence-electron chi connectivity index (χ0n) is 9.65. The lowest BCUT2D eigenvalue weighted by Gasteiger charge is -2.19. The minimum Gasteiger partial charge on any atom is -0.468 e. The van der Waals surface area contributed by atoms with Crippen molar-refractivity contribution in [1.82, 2.24) is 0 Å². The Morgan fingerprint density at radius 2 is 2.25 bits per heavy atom. The Morgan fingerprint density at radius 3 is 2.75 bits per heavy atom. The third-order valence-corrected chi connectivity index (χ3v) is 2.33. The lowest BCUT2D eigenvalue weighted by Crippen LogP contribution is -2.26. The van der Waals surface area contributed by atoms with Gasteiger partial charge in [0.1, 0.15) is 6.54 Å². The average Bonchev–Trinajstić information content (AvgIpc) is 2.28. The van der Waals surface area contributed by atoms with Crippen LogP contribution >= 0.6 is 0 Å². The Morgan fingerprint density at radius 1 is 1.56 bits per heavy atom. The van der Waals surface area contributed by atoms with Crippen molar-refractivity contribution in [3.05, 3.63) is 29.3 Å². The number of ether oxygens (including phenoxy) is 1. The number of anilines is 1. The maximum absolute atomic E-state index is 11.1. The number of esters is 1. The van der Waals surface area contributed by atoms with Crippen LogP contribution in [0.3, 0.4) is 0 Å². The van der Waals surface area contributed by atoms with Gasteiger partial charge in [0, 0.05) is 12.7 Å². The molecule has 0 radical (unpaired) electrons. The molecule has 0 amide bonds. The number of carbonyl (C=O) groups excluding carboxylic acids is 1. The first-order valence-corrected chi connectivity index (χ1v) is 4.87. The summed E-state index contributed by atoms with van der Waals surface area (Å²) in [5.41, 5.74) is 2.50. The number of hydrogen-bond donors (Lipinski definition) is 0. The molecule has 0 aliphatic carbocycles. The summed E-state index contributed by atoms with van der Waals surface area (Å²) >= 11 is 0. The molecule has 1 aromatic carbocycles. The van der Waals surface area contributed by atoms with Gasteiger partial charge in [0.2, 0.25) is 0 Å². The fraction of sp³-hybridized carbons (Fsp3) is 0.333. The molecule has 0 aromatic heterocycles. The van der Waals surface area contributed by atoms with E-state index < -0.39 is 0 Å². The van der Waals surface area contributed by atoms with Crippen LogP contribution in [0, 0.1) is 18.3 Å². The van der Waals surface area contributed by atoms with E-state index in [-0.39, 0.29) is 12.5 Å². The number of aryl methyl sites for hydroxylation is 1. The number of rotatable bonds is 3. The largest absolute Gasteiger partial charge is 0.468 e. The molecule has 1 aromatic rings. The monoisotopic (exact) mass is 218 g/mol. The normalized spacial score (nSPS) is 9.38. The SMILES string of the molecule is COC(=O)CN(C)c1ccc(C#N)cc1C. The summed E-state index contributed by atoms with van der Waals surface area (Å²) in [6.45, 7) is 2.10. The molecular formula is C12H14N2O2. The highest BCUT2D eigenvalue weighted by Gasteiger charge is 2.09. The van der Waals surface area contributed by atoms with Crippen molar-refractivity contribution < 1.29 is 9.53 Å². The van der Waals surface area contributed by atoms with Gasteiger partial charge in [0.05, 0.1) is 18.7 Å². The van der Waals surface area contributed by atoms with Crippen LogP contribution in [0.1, 0.15) is 11.1 Å². The molecule has 0 aliphatic heterocycles. The quantitative estimate of drug-likeness (QED) is 0.721. The predicted molar refractivity (Wildman–Crippen MR) is 61.2 cm³/mol. The molecule has 0 atom stereocenters. The van der Waals surface area contributed by atoms with E-state index in [1.54, 1.807) is 17.0 Å². The molecule has 0 spiro atoms. The van der Waals surface area contributed by atoms with Crippen LogP contribution in [-0.2, 0) is 9.53 Å². The smallest absolute Gasteiger partial charge is 0.325 e. The first-order valence-electron chi connectivity index (χ1n) is 4.87. The minimum atomic E-state index is -0.286. The van der Waals surface area contributed by atoms with Gasteiger partial charge in [-0.15, -0.1) is 0 Å². The molecule has 0 heterocycles. The lowest BCUT2D eigenvalue weighted by molar-refractivity contribution is -0.138. The molecule has 0 bridgehead atoms. The van der Waals surface area contributed by atoms with Crippen molar-refractivity contribution in [2.75, 3.05) is 25.6 Å². The van der Waals surface area contributed by atoms with Gasteiger partial charge in [-0.25, -0.2) is 0 Å². The predicted octanol–water partition coefficient (Wildman–Crippen LogP) is 1.48. The first-order chi connectivity index (χ1) is 7.58. The summed E-state index contributed by atoms with van der Waals surface area (Å²) in [6, 6.07) is 7.43. The highest BCUT2D eigenvalue weighted by Crippen LogP contribution is 2.19. The molecule has 0 fully saturated rings. The Labute approximate surface area is 95.0 Å². The third-order valence-electron chi connectivity index (χ3n) is 2.33. The number of methoxy groups -OCH3 is 1. The van der Waals surface area contributed by atoms with Crippen molar-refractivity contribution in [2.45, 2.75) is 6.92 Å². The maximum Gasteiger partial charge on any atom is 0.325 e. The van der Waals surface area contributed by atoms with Crippen LogP contribution in [-0.4, -0.2) is 26.7 Å². The van der Waals surface area contributed by atoms with Gasteiger partial charge in [0.15, 0.2) is 0 Å². The molecule has 4 nitrogen and oxygen atoms in total. The summed E-state index contributed by atoms with van der Waals surface area (Å²) < 4.78 is 4.59. The third kappa shape index (κ3) is 2.74. The van der Waals surface area contributed by atoms with Crippen LogP contribution in [0.25, 0.3) is 0 Å². The van der Waals surface area contributed by atoms with E-state index in [0.717, 1.165) is 11.3 Å². The molecule has 0 N–H and O–H groups in total. The van der Waals surface area contributed by atoms with Gasteiger partial charge >= 0.3 is 5.97 Å². The van der Waals surface area contributed by atoms with Gasteiger partial charge in [-0.2, -0.15) is 5.26 Å². The molecule has 0 aliphatic rings. The van der Waals surface area contributed by atoms with Gasteiger partial charge < -0.3 is 9.64 Å². The molecule has 1 rings (SSSR count). The van der Waals surface area contributed by atoms with E-state index in [4.69, 9.17) is 5.26 Å². The molecule has 0 saturated carbocycles. The maximum atomic E-state index is 11.1. The second-order valence-electron chi connectivity index (χ2n) is 3.55. The van der Waals surface area contributed by atoms with Crippen molar-refractivity contribution in [3.8, 4) is 6.07 Å². The highest BCUT2D eigenvalue weighted by molar-refractivity contribution is 5.76. The van der Waals surface area contributed by atoms with Crippen molar-refractivity contribution in [1.29, 1.82) is 5.26 Å². The van der Waals surface area contributed by atoms with E-state index in [1.807, 2.05) is 20.0 Å². The number of nitrogens with zero attached hydrogens (tertiary/aromatic N) is 2. The Kier molecular flexibility index (Phi) is 3.90. The number of nitriles is 1. The Bertz CT molecular complexity index is 435. The number of likely N-dealkylation sites (N-methyl/N-ethyl adjacent to an activating group) is 1. The molecule has 4 heteroatoms. The van der Waals surface area contributed by atoms with E-state index >= 15 is 0 Å². The number of carbonyl (C=O) groups is 1. The van der Waals surface area contributed by atoms with Crippen LogP contribution < -0.4 is 4.90 Å². The molecule has 0 saturated heterocycles. The summed E-state index contributed by atoms with van der Waals surface area (Å²) in [6.07, 6.45) is 0. The molecule has 16 heavy (non-hydrogen) atoms. The fourth-order valence-corrected chi connectivity index (χ4v) is 1.50. The minimum absolute atomic E-state index is 0.198. The summed E-state index contributed by atoms with van der Waals surface area (Å²) in [5, 5.41) is 8.74. The zero-order chi connectivity index (χ0) is 12.1. The van der Waals surface area contributed by atoms with Crippen LogP contribution in [0.4, 0.5) is 5.69 Å². The number of benzene rings is 1. The number of hydrogen-bond acceptors (Lipinski definition) is 4. The van der Waals surface area contributed by atoms with E-state index in [1.165, 1.54) is 7.11 Å². The van der Waals surface area contributed by atoms with Crippen molar-refractivity contribution in [3.63, 3.8) is 0 Å². The van der Waals surface area contributed by atoms with Gasteiger partial charge in [-0.3, -0.25) is 4.79 Å². The first kappa shape index (κ1) is 12.1. The summed E-state index contributed by atoms with van der Waals surface area (Å²) in [5.74, 6) is -0.286. The topological polar surface area (TPSA) is 53.3 Å². The second-order valence-corrected chi connectivity index (χ2v) is 3.55. The average molecular weight is 218 g/mol. The van der Waals surface area contributed by atoms with Crippen molar-refractivity contribution in [2.24, 2.45) is 0 Å². The highest BCUT2D eigenvalue weighted by atomic mass is 16.5. The second kappa shape index (κ2) is 5.17. The molecular weight excluding hydrogens is 204 g/mol. The fourth-order valence-electron chi connectivity index (χ4n) is 1.50. The van der Waals surface area contributed by atoms with Crippen LogP contribution in [0.15, 0.2) is 18.2 Å². The standard InChI is InChI=1S/C12H14N2O2/c1-9-6-10(7-13)4-5-11(9)14(2)8-12(15)16-3/h4-6H,8H2,1-3H3. The lowest BCUT2D eigenvalue weighted by atomic mass is 10.1. The van der Waals surface area contributed by atoms with Crippen molar-refractivity contribution >= 4 is 11.7 Å². The van der Waals surface area contributed by atoms with E-state index in [9.17, 15) is 4.79 Å². The summed E-state index contributed by atoms with van der Waals surface area (Å²) in [4.78, 5) is 12.9. The molecule has 84 valence electrons. The van der Waals surface area contributed by atoms with Crippen LogP contribution in [0.2, 0.25) is 0 Å². The van der Waals surface area contributed by atoms with E-state index in [2.05, 4.69) is 10.8 Å².